The van der Waals surface area contributed by atoms with E-state index in [9.17, 15) is 14.0 Å². The SMILES string of the molecule is CC(C)(C)OC(=O)NCc1cc2ccc(F)cn2c(=O)c1-c1ccccc1. The number of alkyl carbamates (subject to hydrolysis) is 1. The first kappa shape index (κ1) is 18.6. The van der Waals surface area contributed by atoms with E-state index >= 15 is 0 Å². The first-order valence-electron chi connectivity index (χ1n) is 8.61. The molecule has 1 aromatic carbocycles. The number of benzene rings is 1. The molecule has 0 unspecified atom stereocenters. The summed E-state index contributed by atoms with van der Waals surface area (Å²) in [6.07, 6.45) is 0.593. The Morgan fingerprint density at radius 2 is 1.85 bits per heavy atom. The van der Waals surface area contributed by atoms with Crippen molar-refractivity contribution >= 4 is 11.6 Å². The van der Waals surface area contributed by atoms with Crippen molar-refractivity contribution in [3.63, 3.8) is 0 Å². The summed E-state index contributed by atoms with van der Waals surface area (Å²) in [5, 5.41) is 2.69. The fourth-order valence-electron chi connectivity index (χ4n) is 2.82. The van der Waals surface area contributed by atoms with Crippen LogP contribution >= 0.6 is 0 Å². The van der Waals surface area contributed by atoms with Crippen molar-refractivity contribution in [2.24, 2.45) is 0 Å². The number of carbonyl (C=O) groups excluding carboxylic acids is 1. The molecule has 1 N–H and O–H groups in total. The minimum atomic E-state index is -0.618. The van der Waals surface area contributed by atoms with Gasteiger partial charge in [0.25, 0.3) is 5.56 Å². The molecule has 0 aliphatic carbocycles. The topological polar surface area (TPSA) is 59.8 Å². The van der Waals surface area contributed by atoms with Gasteiger partial charge in [-0.15, -0.1) is 0 Å². The monoisotopic (exact) mass is 368 g/mol. The molecule has 0 bridgehead atoms. The van der Waals surface area contributed by atoms with Gasteiger partial charge < -0.3 is 10.1 Å². The van der Waals surface area contributed by atoms with Gasteiger partial charge in [0.2, 0.25) is 0 Å². The Hall–Kier alpha value is -3.15. The van der Waals surface area contributed by atoms with Gasteiger partial charge in [-0.1, -0.05) is 30.3 Å². The van der Waals surface area contributed by atoms with Crippen LogP contribution in [0, 0.1) is 5.82 Å². The zero-order chi connectivity index (χ0) is 19.6. The molecule has 0 aliphatic rings. The first-order valence-corrected chi connectivity index (χ1v) is 8.61. The fourth-order valence-corrected chi connectivity index (χ4v) is 2.82. The number of aromatic nitrogens is 1. The summed E-state index contributed by atoms with van der Waals surface area (Å²) >= 11 is 0. The minimum Gasteiger partial charge on any atom is -0.444 e. The molecule has 1 amide bonds. The number of carbonyl (C=O) groups is 1. The van der Waals surface area contributed by atoms with Crippen LogP contribution in [0.5, 0.6) is 0 Å². The molecule has 0 aliphatic heterocycles. The van der Waals surface area contributed by atoms with Crippen LogP contribution in [0.15, 0.2) is 59.5 Å². The fraction of sp³-hybridized carbons (Fsp3) is 0.238. The number of amides is 1. The quantitative estimate of drug-likeness (QED) is 0.756. The van der Waals surface area contributed by atoms with Crippen molar-refractivity contribution < 1.29 is 13.9 Å². The molecular weight excluding hydrogens is 347 g/mol. The van der Waals surface area contributed by atoms with Crippen molar-refractivity contribution in [1.82, 2.24) is 9.72 Å². The number of fused-ring (bicyclic) bond motifs is 1. The van der Waals surface area contributed by atoms with E-state index in [1.54, 1.807) is 39.0 Å². The predicted molar refractivity (Wildman–Crippen MR) is 102 cm³/mol. The lowest BCUT2D eigenvalue weighted by atomic mass is 10.0. The molecule has 5 nitrogen and oxygen atoms in total. The summed E-state index contributed by atoms with van der Waals surface area (Å²) in [7, 11) is 0. The van der Waals surface area contributed by atoms with E-state index < -0.39 is 17.5 Å². The summed E-state index contributed by atoms with van der Waals surface area (Å²) in [4.78, 5) is 25.0. The average molecular weight is 368 g/mol. The Morgan fingerprint density at radius 3 is 2.52 bits per heavy atom. The highest BCUT2D eigenvalue weighted by atomic mass is 19.1. The van der Waals surface area contributed by atoms with E-state index in [1.165, 1.54) is 16.5 Å². The van der Waals surface area contributed by atoms with Crippen molar-refractivity contribution in [1.29, 1.82) is 0 Å². The highest BCUT2D eigenvalue weighted by Crippen LogP contribution is 2.22. The molecule has 0 atom stereocenters. The van der Waals surface area contributed by atoms with Gasteiger partial charge in [-0.05, 0) is 50.1 Å². The van der Waals surface area contributed by atoms with Crippen LogP contribution in [0.4, 0.5) is 9.18 Å². The summed E-state index contributed by atoms with van der Waals surface area (Å²) in [5.41, 5.74) is 1.31. The van der Waals surface area contributed by atoms with E-state index in [0.717, 1.165) is 6.20 Å². The number of ether oxygens (including phenoxy) is 1. The molecule has 0 saturated carbocycles. The third kappa shape index (κ3) is 4.34. The second-order valence-corrected chi connectivity index (χ2v) is 7.21. The van der Waals surface area contributed by atoms with Gasteiger partial charge in [0.1, 0.15) is 11.4 Å². The highest BCUT2D eigenvalue weighted by molar-refractivity contribution is 5.72. The molecule has 2 heterocycles. The van der Waals surface area contributed by atoms with Gasteiger partial charge in [0, 0.05) is 18.3 Å². The van der Waals surface area contributed by atoms with Gasteiger partial charge in [0.15, 0.2) is 0 Å². The number of hydrogen-bond donors (Lipinski definition) is 1. The normalized spacial score (nSPS) is 11.4. The Kier molecular flexibility index (Phi) is 4.99. The predicted octanol–water partition coefficient (Wildman–Crippen LogP) is 4.13. The van der Waals surface area contributed by atoms with Gasteiger partial charge in [-0.3, -0.25) is 9.20 Å². The standard InChI is InChI=1S/C21H21FN2O3/c1-21(2,3)27-20(26)23-12-15-11-17-10-9-16(22)13-24(17)19(25)18(15)14-7-5-4-6-8-14/h4-11,13H,12H2,1-3H3,(H,23,26). The van der Waals surface area contributed by atoms with Crippen molar-refractivity contribution in [2.45, 2.75) is 32.9 Å². The van der Waals surface area contributed by atoms with Gasteiger partial charge in [0.05, 0.1) is 5.56 Å². The third-order valence-electron chi connectivity index (χ3n) is 3.90. The number of nitrogens with one attached hydrogen (secondary N) is 1. The van der Waals surface area contributed by atoms with Gasteiger partial charge >= 0.3 is 6.09 Å². The zero-order valence-corrected chi connectivity index (χ0v) is 15.5. The maximum Gasteiger partial charge on any atom is 0.407 e. The average Bonchev–Trinajstić information content (AvgIpc) is 2.60. The van der Waals surface area contributed by atoms with E-state index in [-0.39, 0.29) is 12.1 Å². The van der Waals surface area contributed by atoms with Crippen LogP contribution in [-0.2, 0) is 11.3 Å². The van der Waals surface area contributed by atoms with Crippen LogP contribution in [0.2, 0.25) is 0 Å². The van der Waals surface area contributed by atoms with Gasteiger partial charge in [-0.25, -0.2) is 9.18 Å². The molecule has 0 saturated heterocycles. The second-order valence-electron chi connectivity index (χ2n) is 7.21. The van der Waals surface area contributed by atoms with Crippen molar-refractivity contribution in [2.75, 3.05) is 0 Å². The van der Waals surface area contributed by atoms with Crippen LogP contribution < -0.4 is 10.9 Å². The van der Waals surface area contributed by atoms with Crippen LogP contribution in [0.25, 0.3) is 16.6 Å². The van der Waals surface area contributed by atoms with Crippen LogP contribution in [0.3, 0.4) is 0 Å². The van der Waals surface area contributed by atoms with Crippen molar-refractivity contribution in [3.8, 4) is 11.1 Å². The zero-order valence-electron chi connectivity index (χ0n) is 15.5. The highest BCUT2D eigenvalue weighted by Gasteiger charge is 2.18. The molecular formula is C21H21FN2O3. The minimum absolute atomic E-state index is 0.113. The Morgan fingerprint density at radius 1 is 1.15 bits per heavy atom. The Balaban J connectivity index is 2.06. The summed E-state index contributed by atoms with van der Waals surface area (Å²) < 4.78 is 20.2. The molecule has 0 radical (unpaired) electrons. The van der Waals surface area contributed by atoms with Gasteiger partial charge in [-0.2, -0.15) is 0 Å². The maximum atomic E-state index is 13.6. The molecule has 0 spiro atoms. The number of hydrogen-bond acceptors (Lipinski definition) is 3. The molecule has 3 rings (SSSR count). The number of pyridine rings is 2. The summed E-state index contributed by atoms with van der Waals surface area (Å²) in [6.45, 7) is 5.44. The van der Waals surface area contributed by atoms with E-state index in [0.29, 0.717) is 22.2 Å². The molecule has 0 fully saturated rings. The van der Waals surface area contributed by atoms with Crippen molar-refractivity contribution in [3.05, 3.63) is 76.5 Å². The summed E-state index contributed by atoms with van der Waals surface area (Å²) in [5.74, 6) is -0.497. The van der Waals surface area contributed by atoms with Crippen LogP contribution in [-0.4, -0.2) is 16.1 Å². The Bertz CT molecular complexity index is 1040. The smallest absolute Gasteiger partial charge is 0.407 e. The summed E-state index contributed by atoms with van der Waals surface area (Å²) in [6, 6.07) is 13.7. The molecule has 27 heavy (non-hydrogen) atoms. The lowest BCUT2D eigenvalue weighted by Crippen LogP contribution is -2.32. The number of nitrogens with zero attached hydrogens (tertiary/aromatic N) is 1. The van der Waals surface area contributed by atoms with E-state index in [4.69, 9.17) is 4.74 Å². The molecule has 140 valence electrons. The molecule has 6 heteroatoms. The van der Waals surface area contributed by atoms with Crippen LogP contribution in [0.1, 0.15) is 26.3 Å². The second kappa shape index (κ2) is 7.23. The van der Waals surface area contributed by atoms with E-state index in [1.807, 2.05) is 18.2 Å². The largest absolute Gasteiger partial charge is 0.444 e. The first-order chi connectivity index (χ1) is 12.7. The third-order valence-corrected chi connectivity index (χ3v) is 3.90. The number of halogens is 1. The molecule has 3 aromatic rings. The lowest BCUT2D eigenvalue weighted by Gasteiger charge is -2.20. The lowest BCUT2D eigenvalue weighted by molar-refractivity contribution is 0.0523. The molecule has 2 aromatic heterocycles. The van der Waals surface area contributed by atoms with E-state index in [2.05, 4.69) is 5.32 Å². The number of rotatable bonds is 3. The maximum absolute atomic E-state index is 13.6. The Labute approximate surface area is 156 Å².